The second-order valence-corrected chi connectivity index (χ2v) is 8.28. The number of thioether (sulfide) groups is 1. The Labute approximate surface area is 180 Å². The molecular formula is C21H24Cl2N2O2S. The largest absolute Gasteiger partial charge is 0.357 e. The number of nitrogens with zero attached hydrogens (tertiary/aromatic N) is 1. The zero-order valence-corrected chi connectivity index (χ0v) is 18.3. The summed E-state index contributed by atoms with van der Waals surface area (Å²) in [6, 6.07) is 14.7. The Morgan fingerprint density at radius 2 is 1.86 bits per heavy atom. The van der Waals surface area contributed by atoms with Gasteiger partial charge in [-0.15, -0.1) is 0 Å². The summed E-state index contributed by atoms with van der Waals surface area (Å²) in [4.78, 5) is 26.6. The van der Waals surface area contributed by atoms with Crippen LogP contribution in [0.15, 0.2) is 48.5 Å². The van der Waals surface area contributed by atoms with Crippen molar-refractivity contribution in [1.29, 1.82) is 0 Å². The first-order valence-corrected chi connectivity index (χ1v) is 10.9. The van der Waals surface area contributed by atoms with Crippen molar-refractivity contribution in [1.82, 2.24) is 10.2 Å². The van der Waals surface area contributed by atoms with Crippen LogP contribution in [0, 0.1) is 0 Å². The molecule has 0 unspecified atom stereocenters. The van der Waals surface area contributed by atoms with E-state index in [1.54, 1.807) is 48.8 Å². The molecule has 1 atom stereocenters. The second kappa shape index (κ2) is 11.3. The molecule has 150 valence electrons. The van der Waals surface area contributed by atoms with Gasteiger partial charge in [0, 0.05) is 41.6 Å². The summed E-state index contributed by atoms with van der Waals surface area (Å²) in [6.45, 7) is 1.98. The highest BCUT2D eigenvalue weighted by Crippen LogP contribution is 2.24. The molecule has 0 spiro atoms. The van der Waals surface area contributed by atoms with Gasteiger partial charge in [-0.25, -0.2) is 0 Å². The number of hydrogen-bond donors (Lipinski definition) is 1. The van der Waals surface area contributed by atoms with Gasteiger partial charge in [0.05, 0.1) is 0 Å². The van der Waals surface area contributed by atoms with E-state index in [-0.39, 0.29) is 18.4 Å². The van der Waals surface area contributed by atoms with Gasteiger partial charge in [-0.05, 0) is 30.2 Å². The van der Waals surface area contributed by atoms with E-state index in [9.17, 15) is 9.59 Å². The van der Waals surface area contributed by atoms with Crippen LogP contribution in [0.3, 0.4) is 0 Å². The van der Waals surface area contributed by atoms with E-state index >= 15 is 0 Å². The van der Waals surface area contributed by atoms with Crippen molar-refractivity contribution in [3.05, 3.63) is 69.7 Å². The van der Waals surface area contributed by atoms with Crippen molar-refractivity contribution in [2.45, 2.75) is 31.7 Å². The van der Waals surface area contributed by atoms with Crippen molar-refractivity contribution in [2.75, 3.05) is 12.8 Å². The van der Waals surface area contributed by atoms with Gasteiger partial charge in [-0.2, -0.15) is 11.8 Å². The predicted octanol–water partition coefficient (Wildman–Crippen LogP) is 4.78. The maximum atomic E-state index is 12.9. The van der Waals surface area contributed by atoms with Crippen LogP contribution in [0.1, 0.15) is 24.5 Å². The molecule has 2 amide bonds. The third-order valence-corrected chi connectivity index (χ3v) is 5.96. The first-order chi connectivity index (χ1) is 13.4. The van der Waals surface area contributed by atoms with Crippen LogP contribution in [-0.4, -0.2) is 35.6 Å². The lowest BCUT2D eigenvalue weighted by Crippen LogP contribution is -2.46. The summed E-state index contributed by atoms with van der Waals surface area (Å²) < 4.78 is 0. The lowest BCUT2D eigenvalue weighted by Gasteiger charge is -2.28. The highest BCUT2D eigenvalue weighted by molar-refractivity contribution is 7.98. The number of likely N-dealkylation sites (N-methyl/N-ethyl adjacent to an activating group) is 1. The van der Waals surface area contributed by atoms with E-state index in [2.05, 4.69) is 17.4 Å². The lowest BCUT2D eigenvalue weighted by atomic mass is 10.1. The Morgan fingerprint density at radius 3 is 2.50 bits per heavy atom. The SMILES string of the molecule is CNC(=O)[C@H](C)N(Cc1ccc(Cl)cc1Cl)C(=O)CCSCc1ccccc1. The summed E-state index contributed by atoms with van der Waals surface area (Å²) in [5, 5.41) is 3.62. The average molecular weight is 439 g/mol. The Hall–Kier alpha value is -1.69. The number of hydrogen-bond acceptors (Lipinski definition) is 3. The molecule has 7 heteroatoms. The number of halogens is 2. The van der Waals surface area contributed by atoms with Crippen molar-refractivity contribution < 1.29 is 9.59 Å². The molecule has 0 aliphatic carbocycles. The van der Waals surface area contributed by atoms with Crippen LogP contribution in [0.2, 0.25) is 10.0 Å². The van der Waals surface area contributed by atoms with Crippen molar-refractivity contribution in [3.63, 3.8) is 0 Å². The Bertz CT molecular complexity index is 802. The third-order valence-electron chi connectivity index (χ3n) is 4.34. The van der Waals surface area contributed by atoms with Crippen LogP contribution in [-0.2, 0) is 21.9 Å². The fraction of sp³-hybridized carbons (Fsp3) is 0.333. The van der Waals surface area contributed by atoms with Gasteiger partial charge in [0.15, 0.2) is 0 Å². The van der Waals surface area contributed by atoms with Gasteiger partial charge >= 0.3 is 0 Å². The first kappa shape index (κ1) is 22.6. The van der Waals surface area contributed by atoms with Crippen molar-refractivity contribution in [3.8, 4) is 0 Å². The molecular weight excluding hydrogens is 415 g/mol. The summed E-state index contributed by atoms with van der Waals surface area (Å²) in [6.07, 6.45) is 0.351. The number of rotatable bonds is 9. The number of nitrogens with one attached hydrogen (secondary N) is 1. The molecule has 0 heterocycles. The minimum atomic E-state index is -0.594. The molecule has 0 aliphatic heterocycles. The Kier molecular flexibility index (Phi) is 9.16. The van der Waals surface area contributed by atoms with Gasteiger partial charge in [0.1, 0.15) is 6.04 Å². The van der Waals surface area contributed by atoms with Crippen LogP contribution < -0.4 is 5.32 Å². The maximum Gasteiger partial charge on any atom is 0.242 e. The van der Waals surface area contributed by atoms with Gasteiger partial charge < -0.3 is 10.2 Å². The van der Waals surface area contributed by atoms with Crippen LogP contribution in [0.5, 0.6) is 0 Å². The van der Waals surface area contributed by atoms with Crippen LogP contribution >= 0.6 is 35.0 Å². The highest BCUT2D eigenvalue weighted by atomic mass is 35.5. The van der Waals surface area contributed by atoms with Crippen LogP contribution in [0.25, 0.3) is 0 Å². The molecule has 0 saturated heterocycles. The minimum Gasteiger partial charge on any atom is -0.357 e. The lowest BCUT2D eigenvalue weighted by molar-refractivity contribution is -0.140. The third kappa shape index (κ3) is 6.73. The Morgan fingerprint density at radius 1 is 1.14 bits per heavy atom. The summed E-state index contributed by atoms with van der Waals surface area (Å²) >= 11 is 13.9. The van der Waals surface area contributed by atoms with Gasteiger partial charge in [-0.1, -0.05) is 59.6 Å². The molecule has 4 nitrogen and oxygen atoms in total. The molecule has 2 aromatic rings. The number of carbonyl (C=O) groups is 2. The molecule has 1 N–H and O–H groups in total. The fourth-order valence-electron chi connectivity index (χ4n) is 2.69. The highest BCUT2D eigenvalue weighted by Gasteiger charge is 2.25. The summed E-state index contributed by atoms with van der Waals surface area (Å²) in [7, 11) is 1.56. The normalized spacial score (nSPS) is 11.7. The van der Waals surface area contributed by atoms with E-state index in [1.807, 2.05) is 18.2 Å². The number of amides is 2. The van der Waals surface area contributed by atoms with Crippen molar-refractivity contribution >= 4 is 46.8 Å². The maximum absolute atomic E-state index is 12.9. The molecule has 0 aromatic heterocycles. The monoisotopic (exact) mass is 438 g/mol. The van der Waals surface area contributed by atoms with Crippen molar-refractivity contribution in [2.24, 2.45) is 0 Å². The summed E-state index contributed by atoms with van der Waals surface area (Å²) in [5.74, 6) is 1.24. The molecule has 0 radical (unpaired) electrons. The van der Waals surface area contributed by atoms with Gasteiger partial charge in [-0.3, -0.25) is 9.59 Å². The standard InChI is InChI=1S/C21H24Cl2N2O2S/c1-15(21(27)24-2)25(13-17-8-9-18(22)12-19(17)23)20(26)10-11-28-14-16-6-4-3-5-7-16/h3-9,12,15H,10-11,13-14H2,1-2H3,(H,24,27)/t15-/m0/s1. The smallest absolute Gasteiger partial charge is 0.242 e. The molecule has 0 aliphatic rings. The zero-order valence-electron chi connectivity index (χ0n) is 16.0. The van der Waals surface area contributed by atoms with Gasteiger partial charge in [0.25, 0.3) is 0 Å². The first-order valence-electron chi connectivity index (χ1n) is 8.99. The fourth-order valence-corrected chi connectivity index (χ4v) is 4.05. The Balaban J connectivity index is 2.01. The van der Waals surface area contributed by atoms with Gasteiger partial charge in [0.2, 0.25) is 11.8 Å². The minimum absolute atomic E-state index is 0.0809. The molecule has 28 heavy (non-hydrogen) atoms. The molecule has 0 bridgehead atoms. The van der Waals surface area contributed by atoms with E-state index in [0.717, 1.165) is 11.3 Å². The quantitative estimate of drug-likeness (QED) is 0.572. The summed E-state index contributed by atoms with van der Waals surface area (Å²) in [5.41, 5.74) is 1.98. The molecule has 2 aromatic carbocycles. The van der Waals surface area contributed by atoms with E-state index in [1.165, 1.54) is 5.56 Å². The average Bonchev–Trinajstić information content (AvgIpc) is 2.70. The molecule has 2 rings (SSSR count). The number of carbonyl (C=O) groups excluding carboxylic acids is 2. The molecule has 0 fully saturated rings. The molecule has 0 saturated carbocycles. The van der Waals surface area contributed by atoms with E-state index < -0.39 is 6.04 Å². The van der Waals surface area contributed by atoms with E-state index in [4.69, 9.17) is 23.2 Å². The number of benzene rings is 2. The second-order valence-electron chi connectivity index (χ2n) is 6.34. The van der Waals surface area contributed by atoms with Crippen LogP contribution in [0.4, 0.5) is 0 Å². The topological polar surface area (TPSA) is 49.4 Å². The predicted molar refractivity (Wildman–Crippen MR) is 118 cm³/mol. The zero-order chi connectivity index (χ0) is 20.5. The van der Waals surface area contributed by atoms with E-state index in [0.29, 0.717) is 22.2 Å².